The zero-order valence-electron chi connectivity index (χ0n) is 13.1. The number of fused-ring (bicyclic) bond motifs is 1. The van der Waals surface area contributed by atoms with Gasteiger partial charge < -0.3 is 14.8 Å². The van der Waals surface area contributed by atoms with Gasteiger partial charge in [0.05, 0.1) is 12.0 Å². The Hall–Kier alpha value is -1.40. The number of anilines is 1. The first kappa shape index (κ1) is 16.0. The second-order valence-corrected chi connectivity index (χ2v) is 6.51. The van der Waals surface area contributed by atoms with Crippen LogP contribution >= 0.6 is 11.3 Å². The minimum atomic E-state index is 0.499. The number of hydrogen-bond acceptors (Lipinski definition) is 6. The molecule has 2 aromatic rings. The lowest BCUT2D eigenvalue weighted by Crippen LogP contribution is -2.11. The van der Waals surface area contributed by atoms with Crippen LogP contribution in [-0.2, 0) is 4.74 Å². The van der Waals surface area contributed by atoms with Crippen molar-refractivity contribution in [1.82, 2.24) is 9.97 Å². The van der Waals surface area contributed by atoms with Crippen molar-refractivity contribution < 1.29 is 9.47 Å². The van der Waals surface area contributed by atoms with Crippen molar-refractivity contribution in [2.75, 3.05) is 31.7 Å². The van der Waals surface area contributed by atoms with Crippen LogP contribution in [0.1, 0.15) is 25.6 Å². The van der Waals surface area contributed by atoms with E-state index in [1.165, 1.54) is 4.88 Å². The van der Waals surface area contributed by atoms with Gasteiger partial charge in [0, 0.05) is 18.0 Å². The van der Waals surface area contributed by atoms with Crippen LogP contribution in [0.5, 0.6) is 5.88 Å². The summed E-state index contributed by atoms with van der Waals surface area (Å²) in [6.07, 6.45) is 0. The van der Waals surface area contributed by atoms with Crippen LogP contribution in [0.2, 0.25) is 0 Å². The lowest BCUT2D eigenvalue weighted by atomic mass is 10.2. The minimum absolute atomic E-state index is 0.499. The summed E-state index contributed by atoms with van der Waals surface area (Å²) in [5.74, 6) is 1.79. The topological polar surface area (TPSA) is 56.3 Å². The Bertz CT molecular complexity index is 584. The van der Waals surface area contributed by atoms with Crippen molar-refractivity contribution in [3.8, 4) is 5.88 Å². The molecule has 2 heterocycles. The van der Waals surface area contributed by atoms with E-state index in [9.17, 15) is 0 Å². The van der Waals surface area contributed by atoms with Gasteiger partial charge in [-0.3, -0.25) is 0 Å². The molecule has 0 aliphatic heterocycles. The highest BCUT2D eigenvalue weighted by Gasteiger charge is 2.11. The molecule has 0 unspecified atom stereocenters. The Balaban J connectivity index is 2.06. The van der Waals surface area contributed by atoms with Gasteiger partial charge >= 0.3 is 0 Å². The third-order valence-corrected chi connectivity index (χ3v) is 3.68. The van der Waals surface area contributed by atoms with Crippen molar-refractivity contribution in [2.24, 2.45) is 5.92 Å². The van der Waals surface area contributed by atoms with Crippen LogP contribution in [0.4, 0.5) is 5.95 Å². The molecule has 0 saturated heterocycles. The molecule has 1 N–H and O–H groups in total. The molecule has 0 radical (unpaired) electrons. The molecule has 116 valence electrons. The number of aromatic nitrogens is 2. The monoisotopic (exact) mass is 309 g/mol. The number of rotatable bonds is 8. The van der Waals surface area contributed by atoms with Gasteiger partial charge in [-0.05, 0) is 25.8 Å². The number of hydrogen-bond donors (Lipinski definition) is 1. The van der Waals surface area contributed by atoms with Crippen molar-refractivity contribution in [1.29, 1.82) is 0 Å². The molecular formula is C15H23N3O2S. The van der Waals surface area contributed by atoms with E-state index in [1.807, 2.05) is 6.92 Å². The standard InChI is InChI=1S/C15H23N3O2S/c1-5-16-15-17-13(20-7-6-19-9-10(2)3)12-8-11(4)21-14(12)18-15/h8,10H,5-7,9H2,1-4H3,(H,16,17,18). The highest BCUT2D eigenvalue weighted by Crippen LogP contribution is 2.30. The molecule has 2 aromatic heterocycles. The number of nitrogens with zero attached hydrogens (tertiary/aromatic N) is 2. The Morgan fingerprint density at radius 2 is 2.10 bits per heavy atom. The third-order valence-electron chi connectivity index (χ3n) is 2.73. The molecule has 0 aromatic carbocycles. The van der Waals surface area contributed by atoms with E-state index in [0.717, 1.165) is 23.4 Å². The second kappa shape index (κ2) is 7.56. The van der Waals surface area contributed by atoms with Crippen LogP contribution in [0.25, 0.3) is 10.2 Å². The summed E-state index contributed by atoms with van der Waals surface area (Å²) in [6.45, 7) is 11.0. The van der Waals surface area contributed by atoms with Crippen LogP contribution in [0, 0.1) is 12.8 Å². The van der Waals surface area contributed by atoms with Crippen LogP contribution < -0.4 is 10.1 Å². The molecule has 21 heavy (non-hydrogen) atoms. The maximum Gasteiger partial charge on any atom is 0.227 e. The number of thiophene rings is 1. The average Bonchev–Trinajstić information content (AvgIpc) is 2.78. The number of aryl methyl sites for hydroxylation is 1. The van der Waals surface area contributed by atoms with Crippen LogP contribution in [0.3, 0.4) is 0 Å². The fourth-order valence-electron chi connectivity index (χ4n) is 1.88. The molecule has 0 aliphatic rings. The molecule has 0 atom stereocenters. The lowest BCUT2D eigenvalue weighted by molar-refractivity contribution is 0.0811. The van der Waals surface area contributed by atoms with Gasteiger partial charge in [-0.2, -0.15) is 4.98 Å². The predicted molar refractivity (Wildman–Crippen MR) is 87.5 cm³/mol. The van der Waals surface area contributed by atoms with E-state index in [2.05, 4.69) is 42.1 Å². The summed E-state index contributed by atoms with van der Waals surface area (Å²) in [5.41, 5.74) is 0. The van der Waals surface area contributed by atoms with Gasteiger partial charge in [0.25, 0.3) is 0 Å². The first-order chi connectivity index (χ1) is 10.1. The SMILES string of the molecule is CCNc1nc(OCCOCC(C)C)c2cc(C)sc2n1. The average molecular weight is 309 g/mol. The fourth-order valence-corrected chi connectivity index (χ4v) is 2.75. The zero-order valence-corrected chi connectivity index (χ0v) is 13.9. The summed E-state index contributed by atoms with van der Waals surface area (Å²) in [7, 11) is 0. The van der Waals surface area contributed by atoms with Crippen molar-refractivity contribution >= 4 is 27.5 Å². The van der Waals surface area contributed by atoms with Crippen molar-refractivity contribution in [3.05, 3.63) is 10.9 Å². The largest absolute Gasteiger partial charge is 0.475 e. The first-order valence-corrected chi connectivity index (χ1v) is 8.14. The van der Waals surface area contributed by atoms with Crippen molar-refractivity contribution in [3.63, 3.8) is 0 Å². The molecule has 2 rings (SSSR count). The Morgan fingerprint density at radius 3 is 2.81 bits per heavy atom. The smallest absolute Gasteiger partial charge is 0.227 e. The quantitative estimate of drug-likeness (QED) is 0.757. The molecule has 0 saturated carbocycles. The molecule has 0 bridgehead atoms. The summed E-state index contributed by atoms with van der Waals surface area (Å²) < 4.78 is 11.3. The molecule has 0 spiro atoms. The van der Waals surface area contributed by atoms with E-state index >= 15 is 0 Å². The Labute approximate surface area is 129 Å². The Morgan fingerprint density at radius 1 is 1.29 bits per heavy atom. The fraction of sp³-hybridized carbons (Fsp3) is 0.600. The summed E-state index contributed by atoms with van der Waals surface area (Å²) in [6, 6.07) is 2.07. The normalized spacial score (nSPS) is 11.3. The molecular weight excluding hydrogens is 286 g/mol. The summed E-state index contributed by atoms with van der Waals surface area (Å²) >= 11 is 1.65. The van der Waals surface area contributed by atoms with Gasteiger partial charge in [-0.15, -0.1) is 11.3 Å². The van der Waals surface area contributed by atoms with Gasteiger partial charge in [0.2, 0.25) is 11.8 Å². The molecule has 6 heteroatoms. The van der Waals surface area contributed by atoms with Gasteiger partial charge in [0.15, 0.2) is 0 Å². The lowest BCUT2D eigenvalue weighted by Gasteiger charge is -2.10. The molecule has 0 amide bonds. The third kappa shape index (κ3) is 4.54. The number of nitrogens with one attached hydrogen (secondary N) is 1. The van der Waals surface area contributed by atoms with Crippen LogP contribution in [0.15, 0.2) is 6.07 Å². The molecule has 0 aliphatic carbocycles. The Kier molecular flexibility index (Phi) is 5.76. The van der Waals surface area contributed by atoms with Gasteiger partial charge in [-0.1, -0.05) is 13.8 Å². The molecule has 0 fully saturated rings. The highest BCUT2D eigenvalue weighted by atomic mass is 32.1. The van der Waals surface area contributed by atoms with Crippen LogP contribution in [-0.4, -0.2) is 36.3 Å². The summed E-state index contributed by atoms with van der Waals surface area (Å²) in [5, 5.41) is 4.11. The van der Waals surface area contributed by atoms with E-state index in [4.69, 9.17) is 9.47 Å². The maximum absolute atomic E-state index is 5.79. The minimum Gasteiger partial charge on any atom is -0.475 e. The van der Waals surface area contributed by atoms with E-state index < -0.39 is 0 Å². The van der Waals surface area contributed by atoms with Gasteiger partial charge in [0.1, 0.15) is 11.4 Å². The molecule has 5 nitrogen and oxygen atoms in total. The second-order valence-electron chi connectivity index (χ2n) is 5.28. The van der Waals surface area contributed by atoms with E-state index in [-0.39, 0.29) is 0 Å². The van der Waals surface area contributed by atoms with E-state index in [0.29, 0.717) is 31.0 Å². The zero-order chi connectivity index (χ0) is 15.2. The summed E-state index contributed by atoms with van der Waals surface area (Å²) in [4.78, 5) is 11.1. The number of ether oxygens (including phenoxy) is 2. The highest BCUT2D eigenvalue weighted by molar-refractivity contribution is 7.18. The van der Waals surface area contributed by atoms with E-state index in [1.54, 1.807) is 11.3 Å². The predicted octanol–water partition coefficient (Wildman–Crippen LogP) is 3.48. The first-order valence-electron chi connectivity index (χ1n) is 7.32. The van der Waals surface area contributed by atoms with Crippen molar-refractivity contribution in [2.45, 2.75) is 27.7 Å². The maximum atomic E-state index is 5.79. The van der Waals surface area contributed by atoms with Gasteiger partial charge in [-0.25, -0.2) is 4.98 Å².